The summed E-state index contributed by atoms with van der Waals surface area (Å²) in [5, 5.41) is 0. The van der Waals surface area contributed by atoms with E-state index >= 15 is 0 Å². The number of carbonyl (C=O) groups excluding carboxylic acids is 2. The molecular formula is C10H13NO3. The van der Waals surface area contributed by atoms with E-state index in [2.05, 4.69) is 17.9 Å². The molecule has 1 atom stereocenters. The van der Waals surface area contributed by atoms with Crippen LogP contribution in [-0.2, 0) is 14.3 Å². The maximum atomic E-state index is 11.5. The fourth-order valence-electron chi connectivity index (χ4n) is 1.53. The molecule has 1 aliphatic heterocycles. The maximum absolute atomic E-state index is 11.5. The summed E-state index contributed by atoms with van der Waals surface area (Å²) >= 11 is 0. The number of rotatable bonds is 2. The van der Waals surface area contributed by atoms with Crippen molar-refractivity contribution in [3.05, 3.63) is 25.5 Å². The van der Waals surface area contributed by atoms with E-state index in [4.69, 9.17) is 0 Å². The molecule has 4 heteroatoms. The summed E-state index contributed by atoms with van der Waals surface area (Å²) in [4.78, 5) is 24.0. The minimum atomic E-state index is -0.881. The van der Waals surface area contributed by atoms with E-state index in [1.54, 1.807) is 6.08 Å². The third-order valence-corrected chi connectivity index (χ3v) is 2.20. The lowest BCUT2D eigenvalue weighted by molar-refractivity contribution is -0.156. The number of hydrogen-bond donors (Lipinski definition) is 0. The molecule has 1 heterocycles. The highest BCUT2D eigenvalue weighted by molar-refractivity contribution is 6.32. The van der Waals surface area contributed by atoms with Crippen molar-refractivity contribution in [1.29, 1.82) is 0 Å². The molecule has 1 rings (SSSR count). The summed E-state index contributed by atoms with van der Waals surface area (Å²) in [5.74, 6) is -1.50. The van der Waals surface area contributed by atoms with Gasteiger partial charge in [0.15, 0.2) is 0 Å². The number of esters is 1. The Kier molecular flexibility index (Phi) is 3.45. The third-order valence-electron chi connectivity index (χ3n) is 2.20. The second kappa shape index (κ2) is 4.60. The Labute approximate surface area is 82.8 Å². The van der Waals surface area contributed by atoms with E-state index < -0.39 is 11.9 Å². The van der Waals surface area contributed by atoms with E-state index in [0.717, 1.165) is 19.1 Å². The molecule has 0 aromatic rings. The van der Waals surface area contributed by atoms with Crippen molar-refractivity contribution in [2.24, 2.45) is 0 Å². The van der Waals surface area contributed by atoms with Crippen LogP contribution in [0.25, 0.3) is 0 Å². The molecule has 1 saturated heterocycles. The van der Waals surface area contributed by atoms with Crippen LogP contribution in [0.5, 0.6) is 0 Å². The van der Waals surface area contributed by atoms with Crippen LogP contribution in [0, 0.1) is 0 Å². The van der Waals surface area contributed by atoms with Gasteiger partial charge < -0.3 is 9.64 Å². The van der Waals surface area contributed by atoms with Gasteiger partial charge in [0.25, 0.3) is 0 Å². The fraction of sp³-hybridized carbons (Fsp3) is 0.400. The molecule has 0 radical (unpaired) electrons. The predicted octanol–water partition coefficient (Wildman–Crippen LogP) is 0.850. The van der Waals surface area contributed by atoms with Crippen molar-refractivity contribution < 1.29 is 14.3 Å². The molecule has 1 fully saturated rings. The molecule has 0 saturated carbocycles. The summed E-state index contributed by atoms with van der Waals surface area (Å²) in [6.07, 6.45) is 4.38. The lowest BCUT2D eigenvalue weighted by atomic mass is 10.2. The second-order valence-electron chi connectivity index (χ2n) is 3.02. The lowest BCUT2D eigenvalue weighted by Crippen LogP contribution is -2.39. The van der Waals surface area contributed by atoms with Crippen LogP contribution in [0.2, 0.25) is 0 Å². The van der Waals surface area contributed by atoms with Gasteiger partial charge in [-0.3, -0.25) is 4.79 Å². The van der Waals surface area contributed by atoms with Crippen LogP contribution in [-0.4, -0.2) is 29.4 Å². The molecule has 0 N–H and O–H groups in total. The highest BCUT2D eigenvalue weighted by atomic mass is 16.5. The molecule has 4 nitrogen and oxygen atoms in total. The van der Waals surface area contributed by atoms with E-state index in [-0.39, 0.29) is 6.04 Å². The Bertz CT molecular complexity index is 273. The van der Waals surface area contributed by atoms with Crippen molar-refractivity contribution in [3.63, 3.8) is 0 Å². The van der Waals surface area contributed by atoms with Crippen LogP contribution in [0.15, 0.2) is 25.5 Å². The highest BCUT2D eigenvalue weighted by Crippen LogP contribution is 2.18. The van der Waals surface area contributed by atoms with Gasteiger partial charge in [-0.25, -0.2) is 4.79 Å². The van der Waals surface area contributed by atoms with Gasteiger partial charge in [0.05, 0.1) is 12.3 Å². The van der Waals surface area contributed by atoms with Gasteiger partial charge in [0, 0.05) is 6.54 Å². The molecular weight excluding hydrogens is 182 g/mol. The van der Waals surface area contributed by atoms with Gasteiger partial charge in [-0.2, -0.15) is 0 Å². The molecule has 0 aliphatic carbocycles. The Morgan fingerprint density at radius 1 is 1.43 bits per heavy atom. The first kappa shape index (κ1) is 10.5. The number of nitrogens with zero attached hydrogens (tertiary/aromatic N) is 1. The third kappa shape index (κ3) is 2.02. The largest absolute Gasteiger partial charge is 0.428 e. The number of likely N-dealkylation sites (tertiary alicyclic amines) is 1. The maximum Gasteiger partial charge on any atom is 0.401 e. The molecule has 0 spiro atoms. The Hall–Kier alpha value is -1.58. The smallest absolute Gasteiger partial charge is 0.401 e. The molecule has 1 unspecified atom stereocenters. The van der Waals surface area contributed by atoms with Crippen LogP contribution in [0.1, 0.15) is 12.8 Å². The van der Waals surface area contributed by atoms with Crippen molar-refractivity contribution in [1.82, 2.24) is 4.90 Å². The van der Waals surface area contributed by atoms with Crippen LogP contribution >= 0.6 is 0 Å². The quantitative estimate of drug-likeness (QED) is 0.284. The Balaban J connectivity index is 2.63. The molecule has 0 bridgehead atoms. The van der Waals surface area contributed by atoms with E-state index in [1.807, 2.05) is 0 Å². The van der Waals surface area contributed by atoms with Crippen molar-refractivity contribution >= 4 is 11.9 Å². The van der Waals surface area contributed by atoms with E-state index in [0.29, 0.717) is 6.54 Å². The minimum absolute atomic E-state index is 0.0418. The number of carbonyl (C=O) groups is 2. The molecule has 0 aromatic carbocycles. The standard InChI is InChI=1S/C10H13NO3/c1-3-8-6-5-7-11(8)9(12)10(13)14-4-2/h3-4,8H,1-2,5-7H2. The van der Waals surface area contributed by atoms with Gasteiger partial charge in [-0.15, -0.1) is 6.58 Å². The van der Waals surface area contributed by atoms with Gasteiger partial charge in [-0.05, 0) is 12.8 Å². The lowest BCUT2D eigenvalue weighted by Gasteiger charge is -2.19. The van der Waals surface area contributed by atoms with Gasteiger partial charge in [0.1, 0.15) is 0 Å². The zero-order valence-electron chi connectivity index (χ0n) is 7.94. The first-order valence-corrected chi connectivity index (χ1v) is 4.45. The molecule has 1 amide bonds. The molecule has 0 aromatic heterocycles. The van der Waals surface area contributed by atoms with Crippen molar-refractivity contribution in [2.75, 3.05) is 6.54 Å². The first-order valence-electron chi connectivity index (χ1n) is 4.45. The number of amides is 1. The SMILES string of the molecule is C=COC(=O)C(=O)N1CCCC1C=C. The molecule has 1 aliphatic rings. The fourth-order valence-corrected chi connectivity index (χ4v) is 1.53. The highest BCUT2D eigenvalue weighted by Gasteiger charge is 2.31. The van der Waals surface area contributed by atoms with Crippen LogP contribution < -0.4 is 0 Å². The molecule has 14 heavy (non-hydrogen) atoms. The summed E-state index contributed by atoms with van der Waals surface area (Å²) in [6, 6.07) is -0.0418. The van der Waals surface area contributed by atoms with E-state index in [1.165, 1.54) is 4.90 Å². The van der Waals surface area contributed by atoms with Gasteiger partial charge >= 0.3 is 11.9 Å². The zero-order chi connectivity index (χ0) is 10.6. The molecule has 76 valence electrons. The summed E-state index contributed by atoms with van der Waals surface area (Å²) in [6.45, 7) is 7.41. The number of ether oxygens (including phenoxy) is 1. The van der Waals surface area contributed by atoms with Crippen molar-refractivity contribution in [3.8, 4) is 0 Å². The van der Waals surface area contributed by atoms with Crippen LogP contribution in [0.4, 0.5) is 0 Å². The van der Waals surface area contributed by atoms with Gasteiger partial charge in [0.2, 0.25) is 0 Å². The average Bonchev–Trinajstić information content (AvgIpc) is 2.64. The monoisotopic (exact) mass is 195 g/mol. The predicted molar refractivity (Wildman–Crippen MR) is 51.2 cm³/mol. The second-order valence-corrected chi connectivity index (χ2v) is 3.02. The summed E-state index contributed by atoms with van der Waals surface area (Å²) in [5.41, 5.74) is 0. The van der Waals surface area contributed by atoms with Crippen molar-refractivity contribution in [2.45, 2.75) is 18.9 Å². The Morgan fingerprint density at radius 3 is 2.71 bits per heavy atom. The normalized spacial score (nSPS) is 20.3. The summed E-state index contributed by atoms with van der Waals surface area (Å²) < 4.78 is 4.41. The zero-order valence-corrected chi connectivity index (χ0v) is 7.94. The minimum Gasteiger partial charge on any atom is -0.428 e. The average molecular weight is 195 g/mol. The first-order chi connectivity index (χ1) is 6.70. The van der Waals surface area contributed by atoms with Gasteiger partial charge in [-0.1, -0.05) is 12.7 Å². The number of hydrogen-bond acceptors (Lipinski definition) is 3. The Morgan fingerprint density at radius 2 is 2.14 bits per heavy atom. The van der Waals surface area contributed by atoms with E-state index in [9.17, 15) is 9.59 Å². The summed E-state index contributed by atoms with van der Waals surface area (Å²) in [7, 11) is 0. The topological polar surface area (TPSA) is 46.6 Å². The van der Waals surface area contributed by atoms with Crippen LogP contribution in [0.3, 0.4) is 0 Å².